The molecule has 0 aliphatic heterocycles. The molecule has 0 aromatic carbocycles. The number of nitrogens with zero attached hydrogens (tertiary/aromatic N) is 3. The second-order valence-corrected chi connectivity index (χ2v) is 5.39. The van der Waals surface area contributed by atoms with E-state index >= 15 is 0 Å². The highest BCUT2D eigenvalue weighted by atomic mass is 32.1. The van der Waals surface area contributed by atoms with Crippen LogP contribution in [0.25, 0.3) is 0 Å². The summed E-state index contributed by atoms with van der Waals surface area (Å²) >= 11 is 5.23. The summed E-state index contributed by atoms with van der Waals surface area (Å²) < 4.78 is 2.79. The zero-order chi connectivity index (χ0) is 11.6. The van der Waals surface area contributed by atoms with Gasteiger partial charge >= 0.3 is 0 Å². The lowest BCUT2D eigenvalue weighted by Crippen LogP contribution is -2.26. The molecule has 1 aromatic rings. The van der Waals surface area contributed by atoms with Crippen molar-refractivity contribution < 1.29 is 0 Å². The smallest absolute Gasteiger partial charge is 0.195 e. The van der Waals surface area contributed by atoms with E-state index in [4.69, 9.17) is 12.2 Å². The Balaban J connectivity index is 2.95. The maximum atomic E-state index is 5.23. The predicted octanol–water partition coefficient (Wildman–Crippen LogP) is 1.80. The van der Waals surface area contributed by atoms with Crippen molar-refractivity contribution in [1.29, 1.82) is 0 Å². The average Bonchev–Trinajstić information content (AvgIpc) is 2.42. The molecule has 86 valence electrons. The van der Waals surface area contributed by atoms with Crippen LogP contribution in [-0.4, -0.2) is 40.3 Å². The largest absolute Gasteiger partial charge is 0.309 e. The van der Waals surface area contributed by atoms with Crippen molar-refractivity contribution in [3.05, 3.63) is 10.6 Å². The number of hydrogen-bond donors (Lipinski definition) is 1. The Morgan fingerprint density at radius 1 is 1.40 bits per heavy atom. The first-order valence-corrected chi connectivity index (χ1v) is 5.54. The Kier molecular flexibility index (Phi) is 3.67. The molecular weight excluding hydrogens is 208 g/mol. The fraction of sp³-hybridized carbons (Fsp3) is 0.800. The van der Waals surface area contributed by atoms with Gasteiger partial charge < -0.3 is 4.90 Å². The van der Waals surface area contributed by atoms with Crippen molar-refractivity contribution in [3.63, 3.8) is 0 Å². The van der Waals surface area contributed by atoms with Gasteiger partial charge in [0.05, 0.1) is 0 Å². The fourth-order valence-corrected chi connectivity index (χ4v) is 1.94. The van der Waals surface area contributed by atoms with Gasteiger partial charge in [-0.2, -0.15) is 5.10 Å². The van der Waals surface area contributed by atoms with Gasteiger partial charge in [0.2, 0.25) is 0 Å². The number of H-pyrrole nitrogens is 1. The van der Waals surface area contributed by atoms with Gasteiger partial charge in [0.1, 0.15) is 5.82 Å². The maximum Gasteiger partial charge on any atom is 0.195 e. The van der Waals surface area contributed by atoms with Crippen molar-refractivity contribution in [2.24, 2.45) is 0 Å². The van der Waals surface area contributed by atoms with Crippen LogP contribution in [0, 0.1) is 4.77 Å². The van der Waals surface area contributed by atoms with E-state index in [0.29, 0.717) is 4.77 Å². The lowest BCUT2D eigenvalue weighted by atomic mass is 10.1. The van der Waals surface area contributed by atoms with Crippen molar-refractivity contribution in [3.8, 4) is 0 Å². The highest BCUT2D eigenvalue weighted by Crippen LogP contribution is 2.16. The molecule has 0 unspecified atom stereocenters. The summed E-state index contributed by atoms with van der Waals surface area (Å²) in [6.07, 6.45) is 0.914. The first-order chi connectivity index (χ1) is 6.82. The van der Waals surface area contributed by atoms with Gasteiger partial charge in [-0.3, -0.25) is 9.67 Å². The normalized spacial score (nSPS) is 12.4. The lowest BCUT2D eigenvalue weighted by molar-refractivity contribution is 0.359. The molecule has 0 radical (unpaired) electrons. The van der Waals surface area contributed by atoms with E-state index in [2.05, 4.69) is 54.5 Å². The second kappa shape index (κ2) is 4.45. The Bertz CT molecular complexity index is 370. The molecule has 0 aliphatic carbocycles. The number of likely N-dealkylation sites (N-methyl/N-ethyl adjacent to an activating group) is 1. The number of hydrogen-bond acceptors (Lipinski definition) is 3. The molecule has 0 spiro atoms. The fourth-order valence-electron chi connectivity index (χ4n) is 1.51. The Morgan fingerprint density at radius 3 is 2.47 bits per heavy atom. The third-order valence-corrected chi connectivity index (χ3v) is 2.47. The monoisotopic (exact) mass is 228 g/mol. The standard InChI is InChI=1S/C10H20N4S/c1-10(2,3)14-8(6-7-13(4)5)11-12-9(14)15/h6-7H2,1-5H3,(H,12,15). The van der Waals surface area contributed by atoms with Crippen LogP contribution in [0.1, 0.15) is 26.6 Å². The van der Waals surface area contributed by atoms with Gasteiger partial charge in [0.15, 0.2) is 4.77 Å². The molecule has 0 saturated heterocycles. The maximum absolute atomic E-state index is 5.23. The summed E-state index contributed by atoms with van der Waals surface area (Å²) in [5.74, 6) is 1.03. The van der Waals surface area contributed by atoms with E-state index in [1.165, 1.54) is 0 Å². The van der Waals surface area contributed by atoms with Crippen LogP contribution < -0.4 is 0 Å². The molecule has 1 N–H and O–H groups in total. The van der Waals surface area contributed by atoms with Crippen molar-refractivity contribution in [1.82, 2.24) is 19.7 Å². The highest BCUT2D eigenvalue weighted by molar-refractivity contribution is 7.71. The van der Waals surface area contributed by atoms with Crippen molar-refractivity contribution >= 4 is 12.2 Å². The van der Waals surface area contributed by atoms with Crippen molar-refractivity contribution in [2.75, 3.05) is 20.6 Å². The van der Waals surface area contributed by atoms with Gasteiger partial charge in [-0.15, -0.1) is 0 Å². The number of aromatic amines is 1. The van der Waals surface area contributed by atoms with E-state index < -0.39 is 0 Å². The molecule has 1 heterocycles. The van der Waals surface area contributed by atoms with Gasteiger partial charge in [0, 0.05) is 18.5 Å². The van der Waals surface area contributed by atoms with Crippen LogP contribution in [0.3, 0.4) is 0 Å². The van der Waals surface area contributed by atoms with Crippen LogP contribution in [-0.2, 0) is 12.0 Å². The number of nitrogens with one attached hydrogen (secondary N) is 1. The van der Waals surface area contributed by atoms with E-state index in [1.807, 2.05) is 0 Å². The third kappa shape index (κ3) is 3.14. The van der Waals surface area contributed by atoms with E-state index in [9.17, 15) is 0 Å². The summed E-state index contributed by atoms with van der Waals surface area (Å²) in [7, 11) is 4.12. The SMILES string of the molecule is CN(C)CCc1n[nH]c(=S)n1C(C)(C)C. The first-order valence-electron chi connectivity index (χ1n) is 5.14. The summed E-state index contributed by atoms with van der Waals surface area (Å²) in [4.78, 5) is 2.14. The Labute approximate surface area is 96.3 Å². The second-order valence-electron chi connectivity index (χ2n) is 5.00. The first kappa shape index (κ1) is 12.4. The zero-order valence-corrected chi connectivity index (χ0v) is 11.0. The molecule has 0 saturated carbocycles. The van der Waals surface area contributed by atoms with Crippen LogP contribution in [0.5, 0.6) is 0 Å². The molecule has 0 aliphatic rings. The molecule has 0 bridgehead atoms. The Hall–Kier alpha value is -0.680. The Morgan fingerprint density at radius 2 is 2.00 bits per heavy atom. The van der Waals surface area contributed by atoms with Gasteiger partial charge in [0.25, 0.3) is 0 Å². The topological polar surface area (TPSA) is 36.9 Å². The molecule has 1 aromatic heterocycles. The molecule has 0 fully saturated rings. The molecule has 1 rings (SSSR count). The summed E-state index contributed by atoms with van der Waals surface area (Å²) in [6.45, 7) is 7.39. The molecule has 5 heteroatoms. The molecule has 15 heavy (non-hydrogen) atoms. The van der Waals surface area contributed by atoms with E-state index in [0.717, 1.165) is 18.8 Å². The van der Waals surface area contributed by atoms with E-state index in [1.54, 1.807) is 0 Å². The van der Waals surface area contributed by atoms with Crippen LogP contribution >= 0.6 is 12.2 Å². The highest BCUT2D eigenvalue weighted by Gasteiger charge is 2.18. The average molecular weight is 228 g/mol. The lowest BCUT2D eigenvalue weighted by Gasteiger charge is -2.23. The summed E-state index contributed by atoms with van der Waals surface area (Å²) in [6, 6.07) is 0. The van der Waals surface area contributed by atoms with Crippen LogP contribution in [0.2, 0.25) is 0 Å². The van der Waals surface area contributed by atoms with Gasteiger partial charge in [-0.25, -0.2) is 0 Å². The van der Waals surface area contributed by atoms with Gasteiger partial charge in [-0.05, 0) is 47.1 Å². The minimum Gasteiger partial charge on any atom is -0.309 e. The predicted molar refractivity (Wildman–Crippen MR) is 64.7 cm³/mol. The minimum absolute atomic E-state index is 0.00820. The van der Waals surface area contributed by atoms with Gasteiger partial charge in [-0.1, -0.05) is 0 Å². The quantitative estimate of drug-likeness (QED) is 0.802. The summed E-state index contributed by atoms with van der Waals surface area (Å²) in [5, 5.41) is 7.14. The molecular formula is C10H20N4S. The molecule has 0 atom stereocenters. The number of rotatable bonds is 3. The number of aromatic nitrogens is 3. The summed E-state index contributed by atoms with van der Waals surface area (Å²) in [5.41, 5.74) is -0.00820. The minimum atomic E-state index is -0.00820. The van der Waals surface area contributed by atoms with Crippen molar-refractivity contribution in [2.45, 2.75) is 32.7 Å². The third-order valence-electron chi connectivity index (χ3n) is 2.20. The van der Waals surface area contributed by atoms with Crippen LogP contribution in [0.15, 0.2) is 0 Å². The van der Waals surface area contributed by atoms with E-state index in [-0.39, 0.29) is 5.54 Å². The zero-order valence-electron chi connectivity index (χ0n) is 10.2. The molecule has 0 amide bonds. The molecule has 4 nitrogen and oxygen atoms in total. The van der Waals surface area contributed by atoms with Crippen LogP contribution in [0.4, 0.5) is 0 Å².